The van der Waals surface area contributed by atoms with Crippen LogP contribution < -0.4 is 0 Å². The predicted molar refractivity (Wildman–Crippen MR) is 60.1 cm³/mol. The van der Waals surface area contributed by atoms with Crippen molar-refractivity contribution in [2.75, 3.05) is 0 Å². The van der Waals surface area contributed by atoms with E-state index < -0.39 is 6.10 Å². The van der Waals surface area contributed by atoms with Crippen LogP contribution in [0.15, 0.2) is 28.8 Å². The number of hydrogen-bond donors (Lipinski definition) is 1. The molecule has 0 radical (unpaired) electrons. The van der Waals surface area contributed by atoms with Crippen molar-refractivity contribution in [3.63, 3.8) is 0 Å². The van der Waals surface area contributed by atoms with E-state index in [1.165, 1.54) is 0 Å². The molecule has 4 nitrogen and oxygen atoms in total. The maximum Gasteiger partial charge on any atom is 0.229 e. The summed E-state index contributed by atoms with van der Waals surface area (Å²) in [4.78, 5) is 4.17. The molecule has 1 aromatic carbocycles. The number of nitrogens with zero attached hydrogens (tertiary/aromatic N) is 2. The van der Waals surface area contributed by atoms with Gasteiger partial charge < -0.3 is 9.63 Å². The molecule has 2 aromatic rings. The van der Waals surface area contributed by atoms with Crippen LogP contribution in [0.2, 0.25) is 5.02 Å². The minimum absolute atomic E-state index is 0.362. The number of benzene rings is 1. The number of aliphatic hydroxyl groups excluding tert-OH is 1. The molecular weight excluding hydrogens is 228 g/mol. The van der Waals surface area contributed by atoms with Gasteiger partial charge in [-0.2, -0.15) is 4.98 Å². The van der Waals surface area contributed by atoms with Gasteiger partial charge in [0.05, 0.1) is 12.5 Å². The number of hydrogen-bond acceptors (Lipinski definition) is 4. The number of aliphatic hydroxyl groups is 1. The summed E-state index contributed by atoms with van der Waals surface area (Å²) in [6.45, 7) is 1.67. The van der Waals surface area contributed by atoms with Gasteiger partial charge in [0.15, 0.2) is 0 Å². The van der Waals surface area contributed by atoms with Crippen molar-refractivity contribution in [1.29, 1.82) is 0 Å². The van der Waals surface area contributed by atoms with Crippen molar-refractivity contribution >= 4 is 11.6 Å². The molecule has 0 spiro atoms. The third kappa shape index (κ3) is 2.59. The molecule has 0 aliphatic heterocycles. The minimum Gasteiger partial charge on any atom is -0.393 e. The summed E-state index contributed by atoms with van der Waals surface area (Å²) in [5.41, 5.74) is 0.838. The Kier molecular flexibility index (Phi) is 3.22. The molecule has 16 heavy (non-hydrogen) atoms. The summed E-state index contributed by atoms with van der Waals surface area (Å²) in [6, 6.07) is 7.17. The molecule has 1 unspecified atom stereocenters. The summed E-state index contributed by atoms with van der Waals surface area (Å²) in [5.74, 6) is 0.937. The highest BCUT2D eigenvalue weighted by molar-refractivity contribution is 6.30. The fourth-order valence-corrected chi connectivity index (χ4v) is 1.43. The van der Waals surface area contributed by atoms with Gasteiger partial charge in [-0.25, -0.2) is 0 Å². The standard InChI is InChI=1S/C11H11ClN2O2/c1-7(15)6-10-13-11(14-16-10)8-2-4-9(12)5-3-8/h2-5,7,15H,6H2,1H3. The monoisotopic (exact) mass is 238 g/mol. The van der Waals surface area contributed by atoms with Crippen LogP contribution in [0.25, 0.3) is 11.4 Å². The molecule has 1 atom stereocenters. The normalized spacial score (nSPS) is 12.7. The van der Waals surface area contributed by atoms with E-state index in [0.29, 0.717) is 23.2 Å². The average molecular weight is 239 g/mol. The summed E-state index contributed by atoms with van der Waals surface area (Å²) in [6.07, 6.45) is -0.126. The van der Waals surface area contributed by atoms with Crippen LogP contribution in [0.4, 0.5) is 0 Å². The second-order valence-corrected chi connectivity index (χ2v) is 4.01. The number of rotatable bonds is 3. The molecule has 1 aromatic heterocycles. The van der Waals surface area contributed by atoms with E-state index in [-0.39, 0.29) is 0 Å². The third-order valence-corrected chi connectivity index (χ3v) is 2.29. The highest BCUT2D eigenvalue weighted by atomic mass is 35.5. The maximum absolute atomic E-state index is 9.18. The van der Waals surface area contributed by atoms with Gasteiger partial charge in [0.1, 0.15) is 0 Å². The predicted octanol–water partition coefficient (Wildman–Crippen LogP) is 2.31. The summed E-state index contributed by atoms with van der Waals surface area (Å²) < 4.78 is 5.01. The molecule has 0 fully saturated rings. The molecule has 0 aliphatic carbocycles. The molecule has 0 saturated heterocycles. The van der Waals surface area contributed by atoms with E-state index >= 15 is 0 Å². The van der Waals surface area contributed by atoms with Gasteiger partial charge in [-0.05, 0) is 31.2 Å². The summed E-state index contributed by atoms with van der Waals surface area (Å²) in [7, 11) is 0. The van der Waals surface area contributed by atoms with Crippen LogP contribution >= 0.6 is 11.6 Å². The van der Waals surface area contributed by atoms with Crippen molar-refractivity contribution in [2.45, 2.75) is 19.4 Å². The first-order valence-corrected chi connectivity index (χ1v) is 5.29. The first kappa shape index (κ1) is 11.1. The van der Waals surface area contributed by atoms with E-state index in [4.69, 9.17) is 16.1 Å². The molecule has 0 aliphatic rings. The third-order valence-electron chi connectivity index (χ3n) is 2.04. The quantitative estimate of drug-likeness (QED) is 0.892. The fraction of sp³-hybridized carbons (Fsp3) is 0.273. The Morgan fingerprint density at radius 1 is 1.38 bits per heavy atom. The topological polar surface area (TPSA) is 59.2 Å². The molecule has 0 saturated carbocycles. The van der Waals surface area contributed by atoms with E-state index in [1.54, 1.807) is 19.1 Å². The molecular formula is C11H11ClN2O2. The van der Waals surface area contributed by atoms with Gasteiger partial charge >= 0.3 is 0 Å². The van der Waals surface area contributed by atoms with E-state index in [0.717, 1.165) is 5.56 Å². The SMILES string of the molecule is CC(O)Cc1nc(-c2ccc(Cl)cc2)no1. The largest absolute Gasteiger partial charge is 0.393 e. The average Bonchev–Trinajstić information content (AvgIpc) is 2.66. The molecule has 2 rings (SSSR count). The zero-order valence-corrected chi connectivity index (χ0v) is 9.48. The van der Waals surface area contributed by atoms with Gasteiger partial charge in [-0.3, -0.25) is 0 Å². The van der Waals surface area contributed by atoms with Gasteiger partial charge in [0.25, 0.3) is 0 Å². The van der Waals surface area contributed by atoms with Crippen molar-refractivity contribution in [2.24, 2.45) is 0 Å². The Hall–Kier alpha value is -1.39. The van der Waals surface area contributed by atoms with Crippen LogP contribution in [0.5, 0.6) is 0 Å². The Morgan fingerprint density at radius 3 is 2.69 bits per heavy atom. The van der Waals surface area contributed by atoms with Crippen LogP contribution in [0.3, 0.4) is 0 Å². The lowest BCUT2D eigenvalue weighted by Crippen LogP contribution is -2.04. The molecule has 1 heterocycles. The number of aromatic nitrogens is 2. The molecule has 5 heteroatoms. The second kappa shape index (κ2) is 4.63. The second-order valence-electron chi connectivity index (χ2n) is 3.57. The smallest absolute Gasteiger partial charge is 0.229 e. The lowest BCUT2D eigenvalue weighted by molar-refractivity contribution is 0.181. The summed E-state index contributed by atoms with van der Waals surface area (Å²) in [5, 5.41) is 13.7. The highest BCUT2D eigenvalue weighted by Crippen LogP contribution is 2.18. The fourth-order valence-electron chi connectivity index (χ4n) is 1.31. The minimum atomic E-state index is -0.487. The van der Waals surface area contributed by atoms with Crippen LogP contribution in [-0.4, -0.2) is 21.4 Å². The van der Waals surface area contributed by atoms with Gasteiger partial charge in [-0.15, -0.1) is 0 Å². The first-order chi connectivity index (χ1) is 7.65. The van der Waals surface area contributed by atoms with Crippen LogP contribution in [-0.2, 0) is 6.42 Å². The molecule has 1 N–H and O–H groups in total. The zero-order chi connectivity index (χ0) is 11.5. The van der Waals surface area contributed by atoms with E-state index in [2.05, 4.69) is 10.1 Å². The zero-order valence-electron chi connectivity index (χ0n) is 8.72. The van der Waals surface area contributed by atoms with Crippen molar-refractivity contribution in [1.82, 2.24) is 10.1 Å². The van der Waals surface area contributed by atoms with Crippen LogP contribution in [0.1, 0.15) is 12.8 Å². The van der Waals surface area contributed by atoms with Gasteiger partial charge in [0.2, 0.25) is 11.7 Å². The van der Waals surface area contributed by atoms with Gasteiger partial charge in [-0.1, -0.05) is 16.8 Å². The molecule has 0 amide bonds. The van der Waals surface area contributed by atoms with Crippen molar-refractivity contribution in [3.05, 3.63) is 35.2 Å². The molecule has 84 valence electrons. The van der Waals surface area contributed by atoms with Crippen molar-refractivity contribution < 1.29 is 9.63 Å². The van der Waals surface area contributed by atoms with Crippen LogP contribution in [0, 0.1) is 0 Å². The Labute approximate surface area is 97.9 Å². The Balaban J connectivity index is 2.21. The molecule has 0 bridgehead atoms. The first-order valence-electron chi connectivity index (χ1n) is 4.92. The van der Waals surface area contributed by atoms with E-state index in [1.807, 2.05) is 12.1 Å². The van der Waals surface area contributed by atoms with Crippen molar-refractivity contribution in [3.8, 4) is 11.4 Å². The Morgan fingerprint density at radius 2 is 2.06 bits per heavy atom. The number of halogens is 1. The van der Waals surface area contributed by atoms with E-state index in [9.17, 15) is 5.11 Å². The highest BCUT2D eigenvalue weighted by Gasteiger charge is 2.10. The summed E-state index contributed by atoms with van der Waals surface area (Å²) >= 11 is 5.78. The Bertz CT molecular complexity index is 465. The van der Waals surface area contributed by atoms with Gasteiger partial charge in [0, 0.05) is 10.6 Å². The maximum atomic E-state index is 9.18. The lowest BCUT2D eigenvalue weighted by atomic mass is 10.2. The lowest BCUT2D eigenvalue weighted by Gasteiger charge is -1.96.